The van der Waals surface area contributed by atoms with Crippen LogP contribution in [0.4, 0.5) is 0 Å². The highest BCUT2D eigenvalue weighted by molar-refractivity contribution is 7.89. The molecule has 2 amide bonds. The lowest BCUT2D eigenvalue weighted by atomic mass is 10.0. The molecule has 0 saturated carbocycles. The number of hydrogen-bond acceptors (Lipinski definition) is 4. The van der Waals surface area contributed by atoms with E-state index >= 15 is 0 Å². The summed E-state index contributed by atoms with van der Waals surface area (Å²) in [6.45, 7) is 7.05. The third-order valence-corrected chi connectivity index (χ3v) is 8.34. The maximum atomic E-state index is 13.9. The second kappa shape index (κ2) is 12.8. The van der Waals surface area contributed by atoms with Crippen LogP contribution in [-0.2, 0) is 32.6 Å². The minimum Gasteiger partial charge on any atom is -0.350 e. The Morgan fingerprint density at radius 2 is 1.51 bits per heavy atom. The van der Waals surface area contributed by atoms with Crippen molar-refractivity contribution in [1.29, 1.82) is 0 Å². The molecule has 0 aromatic heterocycles. The van der Waals surface area contributed by atoms with Crippen LogP contribution in [0.25, 0.3) is 0 Å². The van der Waals surface area contributed by atoms with Gasteiger partial charge < -0.3 is 10.2 Å². The van der Waals surface area contributed by atoms with Gasteiger partial charge >= 0.3 is 0 Å². The van der Waals surface area contributed by atoms with Crippen LogP contribution >= 0.6 is 11.6 Å². The minimum absolute atomic E-state index is 0.0337. The number of rotatable bonds is 10. The third kappa shape index (κ3) is 8.39. The van der Waals surface area contributed by atoms with Crippen molar-refractivity contribution in [1.82, 2.24) is 14.5 Å². The van der Waals surface area contributed by atoms with Gasteiger partial charge in [0.2, 0.25) is 21.8 Å². The summed E-state index contributed by atoms with van der Waals surface area (Å²) in [5.74, 6) is -0.853. The lowest BCUT2D eigenvalue weighted by molar-refractivity contribution is -0.141. The summed E-state index contributed by atoms with van der Waals surface area (Å²) in [6, 6.07) is 22.0. The van der Waals surface area contributed by atoms with E-state index in [2.05, 4.69) is 5.32 Å². The van der Waals surface area contributed by atoms with Gasteiger partial charge in [-0.1, -0.05) is 77.8 Å². The maximum Gasteiger partial charge on any atom is 0.243 e. The largest absolute Gasteiger partial charge is 0.350 e. The molecule has 7 nitrogen and oxygen atoms in total. The molecular formula is C30H36ClN3O4S. The highest BCUT2D eigenvalue weighted by Crippen LogP contribution is 2.22. The van der Waals surface area contributed by atoms with Crippen molar-refractivity contribution in [3.05, 3.63) is 101 Å². The summed E-state index contributed by atoms with van der Waals surface area (Å²) in [5, 5.41) is 3.44. The highest BCUT2D eigenvalue weighted by atomic mass is 35.5. The maximum absolute atomic E-state index is 13.9. The van der Waals surface area contributed by atoms with Gasteiger partial charge in [0.05, 0.1) is 11.4 Å². The van der Waals surface area contributed by atoms with Gasteiger partial charge in [0, 0.05) is 30.6 Å². The average Bonchev–Trinajstić information content (AvgIpc) is 2.87. The van der Waals surface area contributed by atoms with E-state index in [1.165, 1.54) is 24.1 Å². The Kier molecular flexibility index (Phi) is 9.93. The van der Waals surface area contributed by atoms with E-state index in [-0.39, 0.29) is 23.8 Å². The first-order chi connectivity index (χ1) is 18.3. The van der Waals surface area contributed by atoms with Crippen LogP contribution in [0.1, 0.15) is 37.5 Å². The molecule has 3 aromatic carbocycles. The van der Waals surface area contributed by atoms with Gasteiger partial charge in [0.25, 0.3) is 0 Å². The number of aryl methyl sites for hydroxylation is 1. The zero-order valence-electron chi connectivity index (χ0n) is 23.0. The van der Waals surface area contributed by atoms with Gasteiger partial charge in [-0.2, -0.15) is 4.31 Å². The van der Waals surface area contributed by atoms with Crippen LogP contribution in [-0.4, -0.2) is 54.6 Å². The molecule has 208 valence electrons. The fourth-order valence-electron chi connectivity index (χ4n) is 4.07. The molecule has 0 aliphatic heterocycles. The number of likely N-dealkylation sites (N-methyl/N-ethyl adjacent to an activating group) is 1. The molecule has 0 saturated heterocycles. The molecule has 1 atom stereocenters. The van der Waals surface area contributed by atoms with E-state index in [1.54, 1.807) is 36.4 Å². The summed E-state index contributed by atoms with van der Waals surface area (Å²) in [4.78, 5) is 29.1. The first kappa shape index (κ1) is 30.3. The van der Waals surface area contributed by atoms with Crippen LogP contribution in [0.5, 0.6) is 0 Å². The second-order valence-electron chi connectivity index (χ2n) is 10.6. The Hall–Kier alpha value is -3.20. The number of nitrogens with one attached hydrogen (secondary N) is 1. The van der Waals surface area contributed by atoms with E-state index in [4.69, 9.17) is 11.6 Å². The van der Waals surface area contributed by atoms with Crippen molar-refractivity contribution in [3.8, 4) is 0 Å². The molecule has 0 spiro atoms. The quantitative estimate of drug-likeness (QED) is 0.379. The predicted octanol–water partition coefficient (Wildman–Crippen LogP) is 4.82. The topological polar surface area (TPSA) is 86.8 Å². The van der Waals surface area contributed by atoms with Gasteiger partial charge in [-0.15, -0.1) is 0 Å². The molecule has 3 aromatic rings. The standard InChI is InChI=1S/C30H36ClN3O4S/c1-22-15-17-25(18-16-22)39(37,38)33(5)21-28(35)34(20-24-13-9-10-14-26(24)31)27(29(36)32-30(2,3)4)19-23-11-7-6-8-12-23/h6-18,27H,19-21H2,1-5H3,(H,32,36)/t27-/m1/s1. The van der Waals surface area contributed by atoms with Crippen molar-refractivity contribution in [3.63, 3.8) is 0 Å². The molecule has 0 aliphatic rings. The van der Waals surface area contributed by atoms with Gasteiger partial charge in [-0.3, -0.25) is 9.59 Å². The summed E-state index contributed by atoms with van der Waals surface area (Å²) in [6.07, 6.45) is 0.243. The summed E-state index contributed by atoms with van der Waals surface area (Å²) < 4.78 is 27.5. The fraction of sp³-hybridized carbons (Fsp3) is 0.333. The van der Waals surface area contributed by atoms with Gasteiger partial charge in [-0.25, -0.2) is 8.42 Å². The number of hydrogen-bond donors (Lipinski definition) is 1. The number of sulfonamides is 1. The molecule has 3 rings (SSSR count). The van der Waals surface area contributed by atoms with Crippen LogP contribution in [0.2, 0.25) is 5.02 Å². The molecule has 0 unspecified atom stereocenters. The molecule has 39 heavy (non-hydrogen) atoms. The highest BCUT2D eigenvalue weighted by Gasteiger charge is 2.34. The molecular weight excluding hydrogens is 534 g/mol. The molecule has 1 N–H and O–H groups in total. The second-order valence-corrected chi connectivity index (χ2v) is 13.1. The van der Waals surface area contributed by atoms with Gasteiger partial charge in [0.15, 0.2) is 0 Å². The Bertz CT molecular complexity index is 1390. The van der Waals surface area contributed by atoms with E-state index in [0.29, 0.717) is 10.6 Å². The van der Waals surface area contributed by atoms with Crippen LogP contribution in [0.3, 0.4) is 0 Å². The number of benzene rings is 3. The average molecular weight is 570 g/mol. The molecule has 0 fully saturated rings. The van der Waals surface area contributed by atoms with Crippen LogP contribution < -0.4 is 5.32 Å². The molecule has 0 aliphatic carbocycles. The van der Waals surface area contributed by atoms with Gasteiger partial charge in [-0.05, 0) is 57.0 Å². The van der Waals surface area contributed by atoms with Crippen molar-refractivity contribution < 1.29 is 18.0 Å². The van der Waals surface area contributed by atoms with Crippen LogP contribution in [0.15, 0.2) is 83.8 Å². The first-order valence-electron chi connectivity index (χ1n) is 12.7. The lowest BCUT2D eigenvalue weighted by Crippen LogP contribution is -2.56. The summed E-state index contributed by atoms with van der Waals surface area (Å²) in [7, 11) is -2.58. The summed E-state index contributed by atoms with van der Waals surface area (Å²) in [5.41, 5.74) is 1.89. The normalized spacial score (nSPS) is 12.7. The molecule has 0 bridgehead atoms. The molecule has 0 heterocycles. The third-order valence-electron chi connectivity index (χ3n) is 6.15. The Balaban J connectivity index is 2.00. The van der Waals surface area contributed by atoms with Crippen molar-refractivity contribution in [2.75, 3.05) is 13.6 Å². The van der Waals surface area contributed by atoms with Gasteiger partial charge in [0.1, 0.15) is 6.04 Å². The first-order valence-corrected chi connectivity index (χ1v) is 14.5. The fourth-order valence-corrected chi connectivity index (χ4v) is 5.39. The Morgan fingerprint density at radius 3 is 2.10 bits per heavy atom. The number of carbonyl (C=O) groups is 2. The predicted molar refractivity (Wildman–Crippen MR) is 155 cm³/mol. The Labute approximate surface area is 236 Å². The molecule has 9 heteroatoms. The Morgan fingerprint density at radius 1 is 0.923 bits per heavy atom. The number of halogens is 1. The van der Waals surface area contributed by atoms with Crippen molar-refractivity contribution in [2.24, 2.45) is 0 Å². The van der Waals surface area contributed by atoms with Crippen molar-refractivity contribution >= 4 is 33.4 Å². The van der Waals surface area contributed by atoms with Crippen LogP contribution in [0, 0.1) is 6.92 Å². The van der Waals surface area contributed by atoms with E-state index < -0.39 is 34.1 Å². The van der Waals surface area contributed by atoms with E-state index in [0.717, 1.165) is 15.4 Å². The number of amides is 2. The number of nitrogens with zero attached hydrogens (tertiary/aromatic N) is 2. The monoisotopic (exact) mass is 569 g/mol. The zero-order valence-corrected chi connectivity index (χ0v) is 24.6. The molecule has 0 radical (unpaired) electrons. The zero-order chi connectivity index (χ0) is 28.8. The summed E-state index contributed by atoms with van der Waals surface area (Å²) >= 11 is 6.45. The minimum atomic E-state index is -3.94. The van der Waals surface area contributed by atoms with E-state index in [1.807, 2.05) is 58.0 Å². The number of carbonyl (C=O) groups excluding carboxylic acids is 2. The van der Waals surface area contributed by atoms with E-state index in [9.17, 15) is 18.0 Å². The van der Waals surface area contributed by atoms with Crippen molar-refractivity contribution in [2.45, 2.75) is 57.1 Å². The lowest BCUT2D eigenvalue weighted by Gasteiger charge is -2.34. The SMILES string of the molecule is Cc1ccc(S(=O)(=O)N(C)CC(=O)N(Cc2ccccc2Cl)[C@H](Cc2ccccc2)C(=O)NC(C)(C)C)cc1. The smallest absolute Gasteiger partial charge is 0.243 e.